The van der Waals surface area contributed by atoms with Crippen LogP contribution in [0.15, 0.2) is 48.5 Å². The summed E-state index contributed by atoms with van der Waals surface area (Å²) in [5.41, 5.74) is 2.79. The number of aromatic amines is 1. The molecule has 4 N–H and O–H groups in total. The molecule has 0 aliphatic heterocycles. The van der Waals surface area contributed by atoms with Gasteiger partial charge in [0.25, 0.3) is 5.91 Å². The summed E-state index contributed by atoms with van der Waals surface area (Å²) < 4.78 is 0. The van der Waals surface area contributed by atoms with Crippen molar-refractivity contribution in [1.29, 1.82) is 0 Å². The predicted molar refractivity (Wildman–Crippen MR) is 86.5 cm³/mol. The standard InChI is InChI=1S/C17H15N3O3/c1-10-4-2-3-5-13(10)18-17(23)15-9-14(19-20-15)12-7-6-11(21)8-16(12)22/h2-9,21-22H,1H3,(H,18,23)(H,19,20). The summed E-state index contributed by atoms with van der Waals surface area (Å²) in [5.74, 6) is -0.474. The summed E-state index contributed by atoms with van der Waals surface area (Å²) in [4.78, 5) is 12.3. The van der Waals surface area contributed by atoms with Crippen LogP contribution in [0, 0.1) is 6.92 Å². The van der Waals surface area contributed by atoms with Crippen LogP contribution in [0.25, 0.3) is 11.3 Å². The summed E-state index contributed by atoms with van der Waals surface area (Å²) in [6.07, 6.45) is 0. The Labute approximate surface area is 132 Å². The van der Waals surface area contributed by atoms with Gasteiger partial charge in [0, 0.05) is 17.3 Å². The van der Waals surface area contributed by atoms with Gasteiger partial charge in [0.1, 0.15) is 17.2 Å². The fourth-order valence-electron chi connectivity index (χ4n) is 2.22. The molecule has 0 saturated carbocycles. The lowest BCUT2D eigenvalue weighted by Gasteiger charge is -2.06. The van der Waals surface area contributed by atoms with Crippen molar-refractivity contribution in [2.75, 3.05) is 5.32 Å². The molecule has 23 heavy (non-hydrogen) atoms. The smallest absolute Gasteiger partial charge is 0.273 e. The Morgan fingerprint density at radius 2 is 1.91 bits per heavy atom. The zero-order chi connectivity index (χ0) is 16.4. The number of rotatable bonds is 3. The van der Waals surface area contributed by atoms with Crippen molar-refractivity contribution >= 4 is 11.6 Å². The average Bonchev–Trinajstić information content (AvgIpc) is 2.99. The number of nitrogens with zero attached hydrogens (tertiary/aromatic N) is 1. The second-order valence-corrected chi connectivity index (χ2v) is 5.14. The average molecular weight is 309 g/mol. The highest BCUT2D eigenvalue weighted by molar-refractivity contribution is 6.03. The second kappa shape index (κ2) is 5.84. The number of hydrogen-bond acceptors (Lipinski definition) is 4. The number of aromatic hydroxyl groups is 2. The molecule has 0 radical (unpaired) electrons. The summed E-state index contributed by atoms with van der Waals surface area (Å²) in [6.45, 7) is 1.91. The predicted octanol–water partition coefficient (Wildman–Crippen LogP) is 3.05. The second-order valence-electron chi connectivity index (χ2n) is 5.14. The fourth-order valence-corrected chi connectivity index (χ4v) is 2.22. The Morgan fingerprint density at radius 3 is 2.65 bits per heavy atom. The van der Waals surface area contributed by atoms with Gasteiger partial charge in [-0.15, -0.1) is 0 Å². The molecule has 1 aromatic heterocycles. The van der Waals surface area contributed by atoms with Crippen LogP contribution in [-0.2, 0) is 0 Å². The maximum absolute atomic E-state index is 12.3. The number of H-pyrrole nitrogens is 1. The van der Waals surface area contributed by atoms with Gasteiger partial charge >= 0.3 is 0 Å². The first-order valence-corrected chi connectivity index (χ1v) is 6.99. The van der Waals surface area contributed by atoms with Gasteiger partial charge in [-0.05, 0) is 36.8 Å². The van der Waals surface area contributed by atoms with Gasteiger partial charge in [-0.25, -0.2) is 0 Å². The fraction of sp³-hybridized carbons (Fsp3) is 0.0588. The van der Waals surface area contributed by atoms with Crippen LogP contribution in [0.4, 0.5) is 5.69 Å². The highest BCUT2D eigenvalue weighted by atomic mass is 16.3. The molecule has 0 atom stereocenters. The van der Waals surface area contributed by atoms with Crippen molar-refractivity contribution < 1.29 is 15.0 Å². The zero-order valence-corrected chi connectivity index (χ0v) is 12.4. The molecule has 0 saturated heterocycles. The minimum absolute atomic E-state index is 0.0423. The van der Waals surface area contributed by atoms with E-state index < -0.39 is 0 Å². The topological polar surface area (TPSA) is 98.2 Å². The van der Waals surface area contributed by atoms with E-state index in [1.54, 1.807) is 6.07 Å². The van der Waals surface area contributed by atoms with E-state index in [0.29, 0.717) is 11.3 Å². The molecule has 0 aliphatic rings. The highest BCUT2D eigenvalue weighted by Crippen LogP contribution is 2.31. The molecular weight excluding hydrogens is 294 g/mol. The molecule has 6 nitrogen and oxygen atoms in total. The van der Waals surface area contributed by atoms with E-state index >= 15 is 0 Å². The molecule has 1 heterocycles. The molecule has 3 aromatic rings. The number of para-hydroxylation sites is 1. The number of phenols is 2. The molecule has 0 bridgehead atoms. The number of anilines is 1. The lowest BCUT2D eigenvalue weighted by molar-refractivity contribution is 0.102. The van der Waals surface area contributed by atoms with Crippen molar-refractivity contribution in [3.63, 3.8) is 0 Å². The van der Waals surface area contributed by atoms with E-state index in [9.17, 15) is 15.0 Å². The van der Waals surface area contributed by atoms with Gasteiger partial charge in [0.2, 0.25) is 0 Å². The van der Waals surface area contributed by atoms with Gasteiger partial charge < -0.3 is 15.5 Å². The lowest BCUT2D eigenvalue weighted by Crippen LogP contribution is -2.13. The van der Waals surface area contributed by atoms with E-state index in [4.69, 9.17) is 0 Å². The van der Waals surface area contributed by atoms with Gasteiger partial charge in [0.15, 0.2) is 0 Å². The SMILES string of the molecule is Cc1ccccc1NC(=O)c1cc(-c2ccc(O)cc2O)n[nH]1. The normalized spacial score (nSPS) is 10.5. The third-order valence-corrected chi connectivity index (χ3v) is 3.47. The number of benzene rings is 2. The molecule has 2 aromatic carbocycles. The van der Waals surface area contributed by atoms with Crippen LogP contribution < -0.4 is 5.32 Å². The Kier molecular flexibility index (Phi) is 3.72. The zero-order valence-electron chi connectivity index (χ0n) is 12.4. The molecule has 0 unspecified atom stereocenters. The molecule has 1 amide bonds. The Balaban J connectivity index is 1.84. The number of carbonyl (C=O) groups excluding carboxylic acids is 1. The first kappa shape index (κ1) is 14.6. The summed E-state index contributed by atoms with van der Waals surface area (Å²) in [5, 5.41) is 28.7. The summed E-state index contributed by atoms with van der Waals surface area (Å²) in [7, 11) is 0. The Hall–Kier alpha value is -3.28. The van der Waals surface area contributed by atoms with E-state index in [0.717, 1.165) is 11.3 Å². The molecule has 0 fully saturated rings. The maximum atomic E-state index is 12.3. The molecule has 6 heteroatoms. The van der Waals surface area contributed by atoms with Gasteiger partial charge in [-0.2, -0.15) is 5.10 Å². The van der Waals surface area contributed by atoms with Crippen LogP contribution >= 0.6 is 0 Å². The largest absolute Gasteiger partial charge is 0.508 e. The van der Waals surface area contributed by atoms with Crippen LogP contribution in [0.1, 0.15) is 16.1 Å². The third-order valence-electron chi connectivity index (χ3n) is 3.47. The van der Waals surface area contributed by atoms with Gasteiger partial charge in [-0.1, -0.05) is 18.2 Å². The van der Waals surface area contributed by atoms with E-state index in [1.807, 2.05) is 31.2 Å². The third kappa shape index (κ3) is 3.01. The number of phenolic OH excluding ortho intramolecular Hbond substituents is 2. The number of hydrogen-bond donors (Lipinski definition) is 4. The number of amides is 1. The summed E-state index contributed by atoms with van der Waals surface area (Å²) >= 11 is 0. The maximum Gasteiger partial charge on any atom is 0.273 e. The quantitative estimate of drug-likeness (QED) is 0.597. The number of aryl methyl sites for hydroxylation is 1. The molecule has 3 rings (SSSR count). The van der Waals surface area contributed by atoms with E-state index in [-0.39, 0.29) is 23.1 Å². The Bertz CT molecular complexity index is 871. The van der Waals surface area contributed by atoms with Gasteiger partial charge in [-0.3, -0.25) is 9.89 Å². The van der Waals surface area contributed by atoms with Crippen molar-refractivity contribution in [3.8, 4) is 22.8 Å². The first-order valence-electron chi connectivity index (χ1n) is 6.99. The minimum atomic E-state index is -0.323. The van der Waals surface area contributed by atoms with Crippen LogP contribution in [0.2, 0.25) is 0 Å². The van der Waals surface area contributed by atoms with Crippen molar-refractivity contribution in [2.45, 2.75) is 6.92 Å². The van der Waals surface area contributed by atoms with Crippen LogP contribution in [0.3, 0.4) is 0 Å². The van der Waals surface area contributed by atoms with Crippen molar-refractivity contribution in [1.82, 2.24) is 10.2 Å². The summed E-state index contributed by atoms with van der Waals surface area (Å²) in [6, 6.07) is 13.2. The number of nitrogens with one attached hydrogen (secondary N) is 2. The molecule has 116 valence electrons. The lowest BCUT2D eigenvalue weighted by atomic mass is 10.1. The minimum Gasteiger partial charge on any atom is -0.508 e. The Morgan fingerprint density at radius 1 is 1.13 bits per heavy atom. The first-order chi connectivity index (χ1) is 11.0. The molecular formula is C17H15N3O3. The number of carbonyl (C=O) groups is 1. The highest BCUT2D eigenvalue weighted by Gasteiger charge is 2.14. The monoisotopic (exact) mass is 309 g/mol. The van der Waals surface area contributed by atoms with Crippen LogP contribution in [-0.4, -0.2) is 26.3 Å². The van der Waals surface area contributed by atoms with E-state index in [1.165, 1.54) is 18.2 Å². The van der Waals surface area contributed by atoms with Crippen LogP contribution in [0.5, 0.6) is 11.5 Å². The van der Waals surface area contributed by atoms with Crippen molar-refractivity contribution in [2.24, 2.45) is 0 Å². The number of aromatic nitrogens is 2. The molecule has 0 spiro atoms. The van der Waals surface area contributed by atoms with E-state index in [2.05, 4.69) is 15.5 Å². The van der Waals surface area contributed by atoms with Crippen molar-refractivity contribution in [3.05, 3.63) is 59.8 Å². The molecule has 0 aliphatic carbocycles. The van der Waals surface area contributed by atoms with Gasteiger partial charge in [0.05, 0.1) is 5.69 Å².